The number of ketones is 1. The van der Waals surface area contributed by atoms with E-state index in [2.05, 4.69) is 0 Å². The van der Waals surface area contributed by atoms with Gasteiger partial charge in [-0.05, 0) is 31.0 Å². The van der Waals surface area contributed by atoms with Crippen LogP contribution in [0.1, 0.15) is 38.5 Å². The van der Waals surface area contributed by atoms with Crippen molar-refractivity contribution >= 4 is 29.0 Å². The van der Waals surface area contributed by atoms with Gasteiger partial charge in [0, 0.05) is 11.4 Å². The van der Waals surface area contributed by atoms with Crippen LogP contribution in [0.4, 0.5) is 0 Å². The molecule has 1 atom stereocenters. The first kappa shape index (κ1) is 13.3. The average molecular weight is 299 g/mol. The highest BCUT2D eigenvalue weighted by Crippen LogP contribution is 2.51. The summed E-state index contributed by atoms with van der Waals surface area (Å²) in [5.74, 6) is 0.996. The molecular formula is C15H16Cl2O2. The largest absolute Gasteiger partial charge is 0.487 e. The molecule has 2 nitrogen and oxygen atoms in total. The van der Waals surface area contributed by atoms with Crippen LogP contribution in [0.25, 0.3) is 0 Å². The number of Topliss-reactive ketones (excluding diaryl/α,β-unsaturated/α-hetero) is 1. The highest BCUT2D eigenvalue weighted by molar-refractivity contribution is 6.35. The van der Waals surface area contributed by atoms with E-state index in [1.54, 1.807) is 18.2 Å². The Morgan fingerprint density at radius 1 is 1.16 bits per heavy atom. The second-order valence-corrected chi connectivity index (χ2v) is 6.37. The van der Waals surface area contributed by atoms with Crippen molar-refractivity contribution in [3.05, 3.63) is 28.2 Å². The minimum atomic E-state index is -0.235. The molecule has 0 bridgehead atoms. The van der Waals surface area contributed by atoms with Crippen LogP contribution >= 0.6 is 23.2 Å². The first-order valence-electron chi connectivity index (χ1n) is 6.77. The first-order valence-corrected chi connectivity index (χ1v) is 7.52. The molecule has 102 valence electrons. The third-order valence-corrected chi connectivity index (χ3v) is 4.98. The van der Waals surface area contributed by atoms with E-state index < -0.39 is 0 Å². The van der Waals surface area contributed by atoms with Gasteiger partial charge in [-0.2, -0.15) is 0 Å². The van der Waals surface area contributed by atoms with Crippen molar-refractivity contribution in [1.29, 1.82) is 0 Å². The average Bonchev–Trinajstić information content (AvgIpc) is 2.42. The van der Waals surface area contributed by atoms with Crippen molar-refractivity contribution < 1.29 is 9.53 Å². The summed E-state index contributed by atoms with van der Waals surface area (Å²) in [4.78, 5) is 12.0. The zero-order chi connectivity index (χ0) is 13.5. The Bertz CT molecular complexity index is 507. The normalized spacial score (nSPS) is 25.2. The number of carbonyl (C=O) groups is 1. The topological polar surface area (TPSA) is 26.3 Å². The van der Waals surface area contributed by atoms with Gasteiger partial charge < -0.3 is 4.74 Å². The summed E-state index contributed by atoms with van der Waals surface area (Å²) >= 11 is 12.0. The van der Waals surface area contributed by atoms with Gasteiger partial charge in [-0.1, -0.05) is 42.5 Å². The van der Waals surface area contributed by atoms with Crippen molar-refractivity contribution in [3.8, 4) is 5.75 Å². The molecule has 0 saturated heterocycles. The second-order valence-electron chi connectivity index (χ2n) is 5.53. The highest BCUT2D eigenvalue weighted by atomic mass is 35.5. The molecule has 2 saturated carbocycles. The van der Waals surface area contributed by atoms with Crippen LogP contribution in [0, 0.1) is 5.41 Å². The van der Waals surface area contributed by atoms with Crippen LogP contribution in [-0.2, 0) is 4.79 Å². The number of rotatable bonds is 2. The fourth-order valence-corrected chi connectivity index (χ4v) is 3.73. The molecule has 0 amide bonds. The van der Waals surface area contributed by atoms with Crippen LogP contribution in [0.2, 0.25) is 10.0 Å². The maximum Gasteiger partial charge on any atom is 0.146 e. The first-order chi connectivity index (χ1) is 9.12. The lowest BCUT2D eigenvalue weighted by Gasteiger charge is -2.49. The number of halogens is 2. The quantitative estimate of drug-likeness (QED) is 0.793. The van der Waals surface area contributed by atoms with Gasteiger partial charge in [0.2, 0.25) is 0 Å². The molecule has 2 fully saturated rings. The predicted octanol–water partition coefficient (Wildman–Crippen LogP) is 4.66. The van der Waals surface area contributed by atoms with Gasteiger partial charge in [0.15, 0.2) is 0 Å². The fraction of sp³-hybridized carbons (Fsp3) is 0.533. The number of benzene rings is 1. The van der Waals surface area contributed by atoms with Crippen LogP contribution in [0.3, 0.4) is 0 Å². The third kappa shape index (κ3) is 2.25. The molecule has 1 spiro atoms. The zero-order valence-electron chi connectivity index (χ0n) is 10.6. The molecule has 4 heteroatoms. The SMILES string of the molecule is O=C1CC(Oc2ccc(Cl)cc2Cl)C12CCCCC2. The van der Waals surface area contributed by atoms with Crippen molar-refractivity contribution in [2.24, 2.45) is 5.41 Å². The Kier molecular flexibility index (Phi) is 3.48. The molecule has 0 aromatic heterocycles. The lowest BCUT2D eigenvalue weighted by molar-refractivity contribution is -0.156. The molecule has 0 N–H and O–H groups in total. The Morgan fingerprint density at radius 3 is 2.53 bits per heavy atom. The number of hydrogen-bond donors (Lipinski definition) is 0. The van der Waals surface area contributed by atoms with Gasteiger partial charge >= 0.3 is 0 Å². The molecule has 0 aliphatic heterocycles. The Balaban J connectivity index is 1.78. The van der Waals surface area contributed by atoms with E-state index in [-0.39, 0.29) is 11.5 Å². The van der Waals surface area contributed by atoms with E-state index in [0.717, 1.165) is 25.7 Å². The van der Waals surface area contributed by atoms with Gasteiger partial charge in [-0.15, -0.1) is 0 Å². The summed E-state index contributed by atoms with van der Waals surface area (Å²) in [5, 5.41) is 1.10. The maximum atomic E-state index is 12.0. The summed E-state index contributed by atoms with van der Waals surface area (Å²) in [5.41, 5.74) is -0.235. The molecule has 2 aliphatic carbocycles. The molecule has 0 radical (unpaired) electrons. The molecule has 1 aromatic carbocycles. The van der Waals surface area contributed by atoms with Gasteiger partial charge in [-0.3, -0.25) is 4.79 Å². The molecule has 19 heavy (non-hydrogen) atoms. The Morgan fingerprint density at radius 2 is 1.89 bits per heavy atom. The molecule has 1 aromatic rings. The van der Waals surface area contributed by atoms with Crippen LogP contribution in [-0.4, -0.2) is 11.9 Å². The lowest BCUT2D eigenvalue weighted by atomic mass is 9.57. The summed E-state index contributed by atoms with van der Waals surface area (Å²) in [6, 6.07) is 5.22. The Hall–Kier alpha value is -0.730. The number of hydrogen-bond acceptors (Lipinski definition) is 2. The summed E-state index contributed by atoms with van der Waals surface area (Å²) < 4.78 is 5.99. The van der Waals surface area contributed by atoms with Crippen molar-refractivity contribution in [3.63, 3.8) is 0 Å². The molecule has 2 aliphatic rings. The third-order valence-electron chi connectivity index (χ3n) is 4.45. The van der Waals surface area contributed by atoms with E-state index in [1.165, 1.54) is 6.42 Å². The minimum absolute atomic E-state index is 0.0148. The van der Waals surface area contributed by atoms with Gasteiger partial charge in [-0.25, -0.2) is 0 Å². The molecule has 3 rings (SSSR count). The van der Waals surface area contributed by atoms with Gasteiger partial charge in [0.1, 0.15) is 17.6 Å². The number of ether oxygens (including phenoxy) is 1. The van der Waals surface area contributed by atoms with Gasteiger partial charge in [0.05, 0.1) is 10.4 Å². The molecule has 1 unspecified atom stereocenters. The van der Waals surface area contributed by atoms with Gasteiger partial charge in [0.25, 0.3) is 0 Å². The van der Waals surface area contributed by atoms with E-state index >= 15 is 0 Å². The van der Waals surface area contributed by atoms with Crippen molar-refractivity contribution in [2.75, 3.05) is 0 Å². The Labute approximate surface area is 123 Å². The summed E-state index contributed by atoms with van der Waals surface area (Å²) in [6.45, 7) is 0. The van der Waals surface area contributed by atoms with Crippen LogP contribution in [0.15, 0.2) is 18.2 Å². The minimum Gasteiger partial charge on any atom is -0.487 e. The smallest absolute Gasteiger partial charge is 0.146 e. The number of carbonyl (C=O) groups excluding carboxylic acids is 1. The summed E-state index contributed by atoms with van der Waals surface area (Å²) in [6.07, 6.45) is 5.89. The van der Waals surface area contributed by atoms with E-state index in [0.29, 0.717) is 28.0 Å². The summed E-state index contributed by atoms with van der Waals surface area (Å²) in [7, 11) is 0. The van der Waals surface area contributed by atoms with Crippen molar-refractivity contribution in [2.45, 2.75) is 44.6 Å². The standard InChI is InChI=1S/C15H16Cl2O2/c16-10-4-5-12(11(17)8-10)19-14-9-13(18)15(14)6-2-1-3-7-15/h4-5,8,14H,1-3,6-7,9H2. The van der Waals surface area contributed by atoms with E-state index in [4.69, 9.17) is 27.9 Å². The highest BCUT2D eigenvalue weighted by Gasteiger charge is 2.56. The lowest BCUT2D eigenvalue weighted by Crippen LogP contribution is -2.57. The maximum absolute atomic E-state index is 12.0. The zero-order valence-corrected chi connectivity index (χ0v) is 12.1. The molecular weight excluding hydrogens is 283 g/mol. The monoisotopic (exact) mass is 298 g/mol. The van der Waals surface area contributed by atoms with Crippen LogP contribution in [0.5, 0.6) is 5.75 Å². The van der Waals surface area contributed by atoms with Crippen molar-refractivity contribution in [1.82, 2.24) is 0 Å². The van der Waals surface area contributed by atoms with E-state index in [9.17, 15) is 4.79 Å². The second kappa shape index (κ2) is 4.99. The predicted molar refractivity (Wildman–Crippen MR) is 76.0 cm³/mol. The molecule has 0 heterocycles. The van der Waals surface area contributed by atoms with E-state index in [1.807, 2.05) is 0 Å². The fourth-order valence-electron chi connectivity index (χ4n) is 3.28. The van der Waals surface area contributed by atoms with Crippen LogP contribution < -0.4 is 4.74 Å².